The number of rotatable bonds is 7. The lowest BCUT2D eigenvalue weighted by atomic mass is 9.91. The summed E-state index contributed by atoms with van der Waals surface area (Å²) in [6, 6.07) is 80.6. The fourth-order valence-corrected chi connectivity index (χ4v) is 8.69. The number of hydrogen-bond acceptors (Lipinski definition) is 2. The molecule has 58 heavy (non-hydrogen) atoms. The van der Waals surface area contributed by atoms with E-state index in [0.717, 1.165) is 60.9 Å². The first-order chi connectivity index (χ1) is 28.8. The lowest BCUT2D eigenvalue weighted by molar-refractivity contribution is 0.672. The van der Waals surface area contributed by atoms with Gasteiger partial charge in [0.1, 0.15) is 11.2 Å². The van der Waals surface area contributed by atoms with Crippen molar-refractivity contribution in [3.8, 4) is 44.5 Å². The molecule has 2 heteroatoms. The third-order valence-electron chi connectivity index (χ3n) is 11.5. The van der Waals surface area contributed by atoms with Gasteiger partial charge in [-0.15, -0.1) is 0 Å². The summed E-state index contributed by atoms with van der Waals surface area (Å²) in [5, 5.41) is 6.94. The second-order valence-electron chi connectivity index (χ2n) is 14.9. The van der Waals surface area contributed by atoms with Crippen LogP contribution in [-0.2, 0) is 0 Å². The Labute approximate surface area is 337 Å². The highest BCUT2D eigenvalue weighted by Crippen LogP contribution is 2.46. The SMILES string of the molecule is c1ccc(-c2ccc(-c3ccc(N(c4cccc(-c5cccc6ccccc56)c4)c4cccc5oc6c7ccccc7ccc6c45)cc3)cc2-c2ccccc2)cc1. The van der Waals surface area contributed by atoms with Crippen molar-refractivity contribution in [2.24, 2.45) is 0 Å². The Kier molecular flexibility index (Phi) is 8.19. The summed E-state index contributed by atoms with van der Waals surface area (Å²) in [4.78, 5) is 2.39. The maximum atomic E-state index is 6.71. The molecule has 0 N–H and O–H groups in total. The van der Waals surface area contributed by atoms with Gasteiger partial charge in [0.2, 0.25) is 0 Å². The highest BCUT2D eigenvalue weighted by Gasteiger charge is 2.21. The van der Waals surface area contributed by atoms with Crippen LogP contribution in [0, 0.1) is 0 Å². The first kappa shape index (κ1) is 33.6. The molecule has 0 bridgehead atoms. The van der Waals surface area contributed by atoms with Crippen molar-refractivity contribution >= 4 is 60.5 Å². The largest absolute Gasteiger partial charge is 0.455 e. The van der Waals surface area contributed by atoms with Gasteiger partial charge in [0.15, 0.2) is 0 Å². The van der Waals surface area contributed by atoms with E-state index in [9.17, 15) is 0 Å². The predicted molar refractivity (Wildman–Crippen MR) is 245 cm³/mol. The molecule has 11 aromatic rings. The molecule has 0 aliphatic rings. The maximum Gasteiger partial charge on any atom is 0.143 e. The Hall–Kier alpha value is -7.68. The van der Waals surface area contributed by atoms with Crippen LogP contribution in [0.3, 0.4) is 0 Å². The Balaban J connectivity index is 1.08. The average Bonchev–Trinajstić information content (AvgIpc) is 3.70. The van der Waals surface area contributed by atoms with Crippen LogP contribution >= 0.6 is 0 Å². The zero-order valence-corrected chi connectivity index (χ0v) is 31.7. The van der Waals surface area contributed by atoms with E-state index in [4.69, 9.17) is 4.42 Å². The number of benzene rings is 10. The zero-order chi connectivity index (χ0) is 38.4. The fourth-order valence-electron chi connectivity index (χ4n) is 8.69. The molecule has 0 fully saturated rings. The van der Waals surface area contributed by atoms with Gasteiger partial charge < -0.3 is 9.32 Å². The van der Waals surface area contributed by atoms with Crippen LogP contribution in [-0.4, -0.2) is 0 Å². The van der Waals surface area contributed by atoms with Gasteiger partial charge in [0.25, 0.3) is 0 Å². The molecule has 0 saturated carbocycles. The molecule has 272 valence electrons. The van der Waals surface area contributed by atoms with E-state index < -0.39 is 0 Å². The minimum absolute atomic E-state index is 0.864. The third-order valence-corrected chi connectivity index (χ3v) is 11.5. The molecule has 2 nitrogen and oxygen atoms in total. The number of fused-ring (bicyclic) bond motifs is 6. The second-order valence-corrected chi connectivity index (χ2v) is 14.9. The third kappa shape index (κ3) is 5.82. The summed E-state index contributed by atoms with van der Waals surface area (Å²) in [6.45, 7) is 0. The average molecular weight is 740 g/mol. The fraction of sp³-hybridized carbons (Fsp3) is 0. The van der Waals surface area contributed by atoms with Crippen LogP contribution in [0.1, 0.15) is 0 Å². The molecule has 11 rings (SSSR count). The van der Waals surface area contributed by atoms with Crippen LogP contribution in [0.2, 0.25) is 0 Å². The van der Waals surface area contributed by atoms with Crippen LogP contribution in [0.25, 0.3) is 88.0 Å². The van der Waals surface area contributed by atoms with Crippen LogP contribution < -0.4 is 4.90 Å². The monoisotopic (exact) mass is 739 g/mol. The topological polar surface area (TPSA) is 16.4 Å². The highest BCUT2D eigenvalue weighted by atomic mass is 16.3. The zero-order valence-electron chi connectivity index (χ0n) is 31.7. The van der Waals surface area contributed by atoms with E-state index in [2.05, 4.69) is 229 Å². The van der Waals surface area contributed by atoms with E-state index >= 15 is 0 Å². The van der Waals surface area contributed by atoms with Crippen LogP contribution in [0.5, 0.6) is 0 Å². The summed E-state index contributed by atoms with van der Waals surface area (Å²) in [5.41, 5.74) is 14.5. The lowest BCUT2D eigenvalue weighted by Gasteiger charge is -2.27. The number of hydrogen-bond donors (Lipinski definition) is 0. The van der Waals surface area contributed by atoms with E-state index in [1.54, 1.807) is 0 Å². The molecule has 0 aliphatic heterocycles. The molecule has 0 aliphatic carbocycles. The molecule has 0 saturated heterocycles. The van der Waals surface area contributed by atoms with Crippen molar-refractivity contribution in [1.82, 2.24) is 0 Å². The molecular formula is C56H37NO. The van der Waals surface area contributed by atoms with E-state index in [1.807, 2.05) is 0 Å². The van der Waals surface area contributed by atoms with Gasteiger partial charge in [-0.1, -0.05) is 176 Å². The van der Waals surface area contributed by atoms with Gasteiger partial charge in [-0.2, -0.15) is 0 Å². The molecular weight excluding hydrogens is 703 g/mol. The first-order valence-corrected chi connectivity index (χ1v) is 19.8. The van der Waals surface area contributed by atoms with Crippen molar-refractivity contribution < 1.29 is 4.42 Å². The molecule has 0 amide bonds. The smallest absolute Gasteiger partial charge is 0.143 e. The summed E-state index contributed by atoms with van der Waals surface area (Å²) in [6.07, 6.45) is 0. The van der Waals surface area contributed by atoms with Crippen molar-refractivity contribution in [2.75, 3.05) is 4.90 Å². The van der Waals surface area contributed by atoms with Crippen LogP contribution in [0.4, 0.5) is 17.1 Å². The quantitative estimate of drug-likeness (QED) is 0.162. The van der Waals surface area contributed by atoms with Crippen molar-refractivity contribution in [3.63, 3.8) is 0 Å². The van der Waals surface area contributed by atoms with Gasteiger partial charge >= 0.3 is 0 Å². The van der Waals surface area contributed by atoms with Gasteiger partial charge in [-0.05, 0) is 109 Å². The van der Waals surface area contributed by atoms with E-state index in [1.165, 1.54) is 44.2 Å². The maximum absolute atomic E-state index is 6.71. The summed E-state index contributed by atoms with van der Waals surface area (Å²) in [7, 11) is 0. The van der Waals surface area contributed by atoms with E-state index in [0.29, 0.717) is 0 Å². The Morgan fingerprint density at radius 3 is 1.72 bits per heavy atom. The Bertz CT molecular complexity index is 3270. The summed E-state index contributed by atoms with van der Waals surface area (Å²) < 4.78 is 6.71. The minimum Gasteiger partial charge on any atom is -0.455 e. The molecule has 0 unspecified atom stereocenters. The molecule has 0 atom stereocenters. The van der Waals surface area contributed by atoms with Crippen molar-refractivity contribution in [1.29, 1.82) is 0 Å². The number of nitrogens with zero attached hydrogens (tertiary/aromatic N) is 1. The van der Waals surface area contributed by atoms with E-state index in [-0.39, 0.29) is 0 Å². The lowest BCUT2D eigenvalue weighted by Crippen LogP contribution is -2.10. The van der Waals surface area contributed by atoms with Gasteiger partial charge in [0, 0.05) is 22.1 Å². The molecule has 1 aromatic heterocycles. The van der Waals surface area contributed by atoms with Gasteiger partial charge in [0.05, 0.1) is 11.1 Å². The Morgan fingerprint density at radius 2 is 0.931 bits per heavy atom. The number of anilines is 3. The minimum atomic E-state index is 0.864. The predicted octanol–water partition coefficient (Wildman–Crippen LogP) is 16.0. The summed E-state index contributed by atoms with van der Waals surface area (Å²) >= 11 is 0. The highest BCUT2D eigenvalue weighted by molar-refractivity contribution is 6.19. The molecule has 1 heterocycles. The van der Waals surface area contributed by atoms with Crippen molar-refractivity contribution in [3.05, 3.63) is 224 Å². The molecule has 0 spiro atoms. The Morgan fingerprint density at radius 1 is 0.310 bits per heavy atom. The van der Waals surface area contributed by atoms with Gasteiger partial charge in [-0.25, -0.2) is 0 Å². The second kappa shape index (κ2) is 14.1. The molecule has 10 aromatic carbocycles. The summed E-state index contributed by atoms with van der Waals surface area (Å²) in [5.74, 6) is 0. The number of furan rings is 1. The van der Waals surface area contributed by atoms with Crippen LogP contribution in [0.15, 0.2) is 229 Å². The van der Waals surface area contributed by atoms with Gasteiger partial charge in [-0.3, -0.25) is 0 Å². The molecule has 0 radical (unpaired) electrons. The van der Waals surface area contributed by atoms with Crippen molar-refractivity contribution in [2.45, 2.75) is 0 Å². The standard InChI is InChI=1S/C56H37NO/c1-3-14-39(15-4-1)49-34-31-43(37-52(49)41-16-5-2-6-17-41)38-28-32-45(33-29-38)57(46-22-11-21-44(36-46)48-25-12-20-40-18-7-9-23-47(40)48)53-26-13-27-54-55(53)51-35-30-42-19-8-10-24-50(42)56(51)58-54/h1-37H. The normalized spacial score (nSPS) is 11.4. The first-order valence-electron chi connectivity index (χ1n) is 19.8.